The third-order valence-corrected chi connectivity index (χ3v) is 4.17. The van der Waals surface area contributed by atoms with Gasteiger partial charge in [0.25, 0.3) is 0 Å². The predicted molar refractivity (Wildman–Crippen MR) is 74.5 cm³/mol. The van der Waals surface area contributed by atoms with E-state index >= 15 is 0 Å². The van der Waals surface area contributed by atoms with Gasteiger partial charge in [-0.3, -0.25) is 0 Å². The number of rotatable bonds is 3. The summed E-state index contributed by atoms with van der Waals surface area (Å²) in [7, 11) is 0. The Morgan fingerprint density at radius 1 is 1.15 bits per heavy atom. The number of alkyl halides is 3. The van der Waals surface area contributed by atoms with Crippen LogP contribution in [0.5, 0.6) is 0 Å². The lowest BCUT2D eigenvalue weighted by Gasteiger charge is -2.36. The molecule has 0 radical (unpaired) electrons. The van der Waals surface area contributed by atoms with Gasteiger partial charge in [-0.05, 0) is 37.4 Å². The lowest BCUT2D eigenvalue weighted by Crippen LogP contribution is -2.43. The first-order chi connectivity index (χ1) is 9.49. The molecule has 4 heteroatoms. The second-order valence-electron chi connectivity index (χ2n) is 5.61. The number of hydrogen-bond donors (Lipinski definition) is 1. The van der Waals surface area contributed by atoms with E-state index in [1.165, 1.54) is 12.1 Å². The summed E-state index contributed by atoms with van der Waals surface area (Å²) in [5.74, 6) is 0. The van der Waals surface area contributed by atoms with E-state index in [-0.39, 0.29) is 0 Å². The first-order valence-corrected chi connectivity index (χ1v) is 7.41. The number of halogens is 3. The number of nitrogens with one attached hydrogen (secondary N) is 1. The van der Waals surface area contributed by atoms with Crippen LogP contribution in [0.15, 0.2) is 24.3 Å². The Bertz CT molecular complexity index is 432. The molecule has 20 heavy (non-hydrogen) atoms. The van der Waals surface area contributed by atoms with Crippen LogP contribution in [0.3, 0.4) is 0 Å². The zero-order valence-corrected chi connectivity index (χ0v) is 11.9. The molecule has 0 spiro atoms. The van der Waals surface area contributed by atoms with Crippen molar-refractivity contribution in [2.45, 2.75) is 57.2 Å². The summed E-state index contributed by atoms with van der Waals surface area (Å²) in [5.41, 5.74) is -0.573. The minimum Gasteiger partial charge on any atom is -0.307 e. The number of hydrogen-bond acceptors (Lipinski definition) is 1. The minimum absolute atomic E-state index is 0.427. The van der Waals surface area contributed by atoms with Gasteiger partial charge in [0, 0.05) is 5.54 Å². The molecule has 0 aromatic heterocycles. The zero-order valence-electron chi connectivity index (χ0n) is 11.9. The van der Waals surface area contributed by atoms with Gasteiger partial charge >= 0.3 is 6.18 Å². The molecular formula is C16H22F3N. The maximum atomic E-state index is 13.3. The second-order valence-corrected chi connectivity index (χ2v) is 5.61. The van der Waals surface area contributed by atoms with Crippen LogP contribution >= 0.6 is 0 Å². The van der Waals surface area contributed by atoms with Gasteiger partial charge in [0.05, 0.1) is 5.56 Å². The topological polar surface area (TPSA) is 12.0 Å². The molecule has 1 heterocycles. The molecule has 0 amide bonds. The molecule has 0 saturated carbocycles. The fourth-order valence-corrected chi connectivity index (χ4v) is 3.30. The first-order valence-electron chi connectivity index (χ1n) is 7.41. The van der Waals surface area contributed by atoms with Gasteiger partial charge in [0.15, 0.2) is 0 Å². The van der Waals surface area contributed by atoms with E-state index in [1.807, 2.05) is 6.92 Å². The molecule has 1 nitrogen and oxygen atoms in total. The normalized spacial score (nSPS) is 24.4. The fourth-order valence-electron chi connectivity index (χ4n) is 3.30. The Balaban J connectivity index is 2.48. The summed E-state index contributed by atoms with van der Waals surface area (Å²) in [4.78, 5) is 0. The Kier molecular flexibility index (Phi) is 4.74. The molecule has 1 aromatic rings. The third-order valence-electron chi connectivity index (χ3n) is 4.17. The van der Waals surface area contributed by atoms with Crippen LogP contribution in [-0.4, -0.2) is 6.54 Å². The van der Waals surface area contributed by atoms with E-state index in [0.717, 1.165) is 45.1 Å². The fraction of sp³-hybridized carbons (Fsp3) is 0.625. The van der Waals surface area contributed by atoms with Gasteiger partial charge in [-0.2, -0.15) is 13.2 Å². The molecule has 2 rings (SSSR count). The van der Waals surface area contributed by atoms with E-state index in [9.17, 15) is 13.2 Å². The van der Waals surface area contributed by atoms with E-state index in [2.05, 4.69) is 5.32 Å². The van der Waals surface area contributed by atoms with Crippen molar-refractivity contribution < 1.29 is 13.2 Å². The zero-order chi connectivity index (χ0) is 14.6. The van der Waals surface area contributed by atoms with Gasteiger partial charge in [-0.25, -0.2) is 0 Å². The molecule has 112 valence electrons. The van der Waals surface area contributed by atoms with Crippen molar-refractivity contribution in [2.75, 3.05) is 6.54 Å². The summed E-state index contributed by atoms with van der Waals surface area (Å²) in [6, 6.07) is 6.05. The lowest BCUT2D eigenvalue weighted by molar-refractivity contribution is -0.139. The highest BCUT2D eigenvalue weighted by Crippen LogP contribution is 2.41. The van der Waals surface area contributed by atoms with Crippen LogP contribution in [0, 0.1) is 0 Å². The highest BCUT2D eigenvalue weighted by molar-refractivity contribution is 5.36. The maximum Gasteiger partial charge on any atom is 0.416 e. The number of benzene rings is 1. The molecule has 1 fully saturated rings. The standard InChI is InChI=1S/C16H22F3N/c1-2-10-15(11-6-3-7-12-20-15)13-8-4-5-9-14(13)16(17,18)19/h4-5,8-9,20H,2-3,6-7,10-12H2,1H3. The molecule has 1 aliphatic heterocycles. The molecule has 1 saturated heterocycles. The van der Waals surface area contributed by atoms with E-state index in [0.29, 0.717) is 5.56 Å². The highest BCUT2D eigenvalue weighted by Gasteiger charge is 2.41. The molecule has 1 N–H and O–H groups in total. The smallest absolute Gasteiger partial charge is 0.307 e. The van der Waals surface area contributed by atoms with Gasteiger partial charge in [0.1, 0.15) is 0 Å². The van der Waals surface area contributed by atoms with Crippen molar-refractivity contribution in [3.8, 4) is 0 Å². The van der Waals surface area contributed by atoms with E-state index in [1.54, 1.807) is 12.1 Å². The van der Waals surface area contributed by atoms with Crippen molar-refractivity contribution >= 4 is 0 Å². The van der Waals surface area contributed by atoms with Crippen molar-refractivity contribution in [3.05, 3.63) is 35.4 Å². The van der Waals surface area contributed by atoms with Crippen molar-refractivity contribution in [2.24, 2.45) is 0 Å². The van der Waals surface area contributed by atoms with Crippen molar-refractivity contribution in [1.82, 2.24) is 5.32 Å². The average Bonchev–Trinajstić information content (AvgIpc) is 2.65. The third kappa shape index (κ3) is 3.17. The monoisotopic (exact) mass is 285 g/mol. The Morgan fingerprint density at radius 3 is 2.60 bits per heavy atom. The van der Waals surface area contributed by atoms with Crippen LogP contribution in [0.25, 0.3) is 0 Å². The van der Waals surface area contributed by atoms with Gasteiger partial charge in [-0.1, -0.05) is 44.4 Å². The van der Waals surface area contributed by atoms with E-state index < -0.39 is 17.3 Å². The quantitative estimate of drug-likeness (QED) is 0.836. The summed E-state index contributed by atoms with van der Waals surface area (Å²) >= 11 is 0. The van der Waals surface area contributed by atoms with Crippen LogP contribution in [0.2, 0.25) is 0 Å². The Labute approximate surface area is 118 Å². The summed E-state index contributed by atoms with van der Waals surface area (Å²) in [6.45, 7) is 2.83. The van der Waals surface area contributed by atoms with Crippen LogP contribution in [0.1, 0.15) is 56.6 Å². The molecular weight excluding hydrogens is 263 g/mol. The molecule has 0 bridgehead atoms. The lowest BCUT2D eigenvalue weighted by atomic mass is 9.79. The van der Waals surface area contributed by atoms with Gasteiger partial charge in [0.2, 0.25) is 0 Å². The molecule has 1 aliphatic rings. The first kappa shape index (κ1) is 15.4. The van der Waals surface area contributed by atoms with Crippen molar-refractivity contribution in [1.29, 1.82) is 0 Å². The summed E-state index contributed by atoms with van der Waals surface area (Å²) < 4.78 is 39.9. The van der Waals surface area contributed by atoms with Gasteiger partial charge < -0.3 is 5.32 Å². The van der Waals surface area contributed by atoms with Crippen LogP contribution < -0.4 is 5.32 Å². The largest absolute Gasteiger partial charge is 0.416 e. The molecule has 0 aliphatic carbocycles. The van der Waals surface area contributed by atoms with Crippen LogP contribution in [0.4, 0.5) is 13.2 Å². The molecule has 1 aromatic carbocycles. The minimum atomic E-state index is -4.29. The Morgan fingerprint density at radius 2 is 1.90 bits per heavy atom. The maximum absolute atomic E-state index is 13.3. The molecule has 1 unspecified atom stereocenters. The SMILES string of the molecule is CCCC1(c2ccccc2C(F)(F)F)CCCCCN1. The summed E-state index contributed by atoms with van der Waals surface area (Å²) in [5, 5.41) is 3.42. The van der Waals surface area contributed by atoms with Crippen molar-refractivity contribution in [3.63, 3.8) is 0 Å². The predicted octanol–water partition coefficient (Wildman–Crippen LogP) is 4.86. The summed E-state index contributed by atoms with van der Waals surface area (Å²) in [6.07, 6.45) is 1.24. The second kappa shape index (κ2) is 6.17. The van der Waals surface area contributed by atoms with Crippen LogP contribution in [-0.2, 0) is 11.7 Å². The van der Waals surface area contributed by atoms with E-state index in [4.69, 9.17) is 0 Å². The molecule has 1 atom stereocenters. The van der Waals surface area contributed by atoms with Gasteiger partial charge in [-0.15, -0.1) is 0 Å². The average molecular weight is 285 g/mol. The Hall–Kier alpha value is -1.03. The highest BCUT2D eigenvalue weighted by atomic mass is 19.4.